The van der Waals surface area contributed by atoms with E-state index in [1.165, 1.54) is 11.1 Å². The lowest BCUT2D eigenvalue weighted by Crippen LogP contribution is -2.54. The number of amides is 1. The van der Waals surface area contributed by atoms with Crippen LogP contribution in [0.3, 0.4) is 0 Å². The Hall–Kier alpha value is -2.86. The maximum absolute atomic E-state index is 12.2. The molecule has 0 unspecified atom stereocenters. The third kappa shape index (κ3) is 6.10. The largest absolute Gasteiger partial charge is 0.356 e. The van der Waals surface area contributed by atoms with Gasteiger partial charge in [0.25, 0.3) is 5.91 Å². The van der Waals surface area contributed by atoms with Gasteiger partial charge in [0.1, 0.15) is 0 Å². The second kappa shape index (κ2) is 10.6. The predicted molar refractivity (Wildman–Crippen MR) is 132 cm³/mol. The van der Waals surface area contributed by atoms with Crippen molar-refractivity contribution in [1.82, 2.24) is 20.4 Å². The molecule has 6 heteroatoms. The predicted octanol–water partition coefficient (Wildman–Crippen LogP) is 2.93. The average molecular weight is 436 g/mol. The second-order valence-electron chi connectivity index (χ2n) is 9.26. The Labute approximate surface area is 192 Å². The van der Waals surface area contributed by atoms with Crippen LogP contribution in [-0.2, 0) is 19.4 Å². The van der Waals surface area contributed by atoms with Gasteiger partial charge in [0.2, 0.25) is 0 Å². The van der Waals surface area contributed by atoms with E-state index in [4.69, 9.17) is 0 Å². The van der Waals surface area contributed by atoms with E-state index in [0.717, 1.165) is 56.1 Å². The molecule has 2 N–H and O–H groups in total. The fraction of sp³-hybridized carbons (Fsp3) is 0.462. The van der Waals surface area contributed by atoms with Gasteiger partial charge in [0, 0.05) is 58.4 Å². The Balaban J connectivity index is 1.49. The summed E-state index contributed by atoms with van der Waals surface area (Å²) in [5.74, 6) is 0.830. The topological polar surface area (TPSA) is 60.0 Å². The van der Waals surface area contributed by atoms with Crippen LogP contribution >= 0.6 is 0 Å². The Kier molecular flexibility index (Phi) is 7.91. The number of nitrogens with one attached hydrogen (secondary N) is 2. The summed E-state index contributed by atoms with van der Waals surface area (Å²) in [6.07, 6.45) is 1.92. The molecule has 0 saturated heterocycles. The number of fused-ring (bicyclic) bond motifs is 1. The maximum atomic E-state index is 12.2. The number of carbonyl (C=O) groups is 1. The van der Waals surface area contributed by atoms with Gasteiger partial charge in [-0.3, -0.25) is 14.7 Å². The zero-order chi connectivity index (χ0) is 23.1. The van der Waals surface area contributed by atoms with Gasteiger partial charge in [-0.2, -0.15) is 0 Å². The zero-order valence-corrected chi connectivity index (χ0v) is 20.1. The maximum Gasteiger partial charge on any atom is 0.253 e. The molecule has 0 bridgehead atoms. The van der Waals surface area contributed by atoms with Crippen LogP contribution in [0.1, 0.15) is 40.9 Å². The van der Waals surface area contributed by atoms with Gasteiger partial charge in [-0.25, -0.2) is 0 Å². The van der Waals surface area contributed by atoms with Crippen molar-refractivity contribution in [2.24, 2.45) is 4.99 Å². The molecule has 6 nitrogen and oxygen atoms in total. The van der Waals surface area contributed by atoms with Crippen LogP contribution in [-0.4, -0.2) is 68.0 Å². The molecule has 0 atom stereocenters. The Bertz CT molecular complexity index is 951. The fourth-order valence-corrected chi connectivity index (χ4v) is 4.09. The lowest BCUT2D eigenvalue weighted by atomic mass is 9.94. The number of guanidine groups is 1. The van der Waals surface area contributed by atoms with E-state index < -0.39 is 0 Å². The van der Waals surface area contributed by atoms with Gasteiger partial charge < -0.3 is 15.5 Å². The van der Waals surface area contributed by atoms with Crippen molar-refractivity contribution in [2.75, 3.05) is 40.8 Å². The molecular formula is C26H37N5O. The highest BCUT2D eigenvalue weighted by Gasteiger charge is 2.29. The molecule has 3 rings (SSSR count). The van der Waals surface area contributed by atoms with E-state index in [2.05, 4.69) is 64.7 Å². The highest BCUT2D eigenvalue weighted by Crippen LogP contribution is 2.24. The van der Waals surface area contributed by atoms with Crippen LogP contribution in [0, 0.1) is 0 Å². The molecule has 0 aromatic heterocycles. The Morgan fingerprint density at radius 3 is 2.56 bits per heavy atom. The molecule has 1 aliphatic heterocycles. The summed E-state index contributed by atoms with van der Waals surface area (Å²) >= 11 is 0. The van der Waals surface area contributed by atoms with Crippen molar-refractivity contribution in [3.05, 3.63) is 70.8 Å². The summed E-state index contributed by atoms with van der Waals surface area (Å²) in [5.41, 5.74) is 4.77. The number of nitrogens with zero attached hydrogens (tertiary/aromatic N) is 3. The number of hydrogen-bond acceptors (Lipinski definition) is 3. The van der Waals surface area contributed by atoms with Crippen molar-refractivity contribution in [3.63, 3.8) is 0 Å². The minimum Gasteiger partial charge on any atom is -0.356 e. The van der Waals surface area contributed by atoms with Gasteiger partial charge in [-0.05, 0) is 55.5 Å². The van der Waals surface area contributed by atoms with Gasteiger partial charge in [0.15, 0.2) is 5.96 Å². The molecule has 1 aliphatic rings. The molecular weight excluding hydrogens is 398 g/mol. The SMILES string of the molecule is CN=C(NCCc1cccc(C(=O)N(C)C)c1)NCC(C)(C)N1CCc2ccccc2C1. The monoisotopic (exact) mass is 435 g/mol. The normalized spacial score (nSPS) is 14.6. The van der Waals surface area contributed by atoms with Gasteiger partial charge in [0.05, 0.1) is 0 Å². The standard InChI is InChI=1S/C26H37N5O/c1-26(2,31-16-14-21-10-6-7-11-23(21)18-31)19-29-25(27-3)28-15-13-20-9-8-12-22(17-20)24(32)30(4)5/h6-12,17H,13-16,18-19H2,1-5H3,(H2,27,28,29). The fourth-order valence-electron chi connectivity index (χ4n) is 4.09. The summed E-state index contributed by atoms with van der Waals surface area (Å²) in [5, 5.41) is 6.90. The number of hydrogen-bond donors (Lipinski definition) is 2. The molecule has 1 amide bonds. The quantitative estimate of drug-likeness (QED) is 0.519. The minimum absolute atomic E-state index is 0.00598. The number of carbonyl (C=O) groups excluding carboxylic acids is 1. The lowest BCUT2D eigenvalue weighted by Gasteiger charge is -2.42. The van der Waals surface area contributed by atoms with E-state index in [1.807, 2.05) is 18.2 Å². The van der Waals surface area contributed by atoms with Crippen LogP contribution in [0.25, 0.3) is 0 Å². The van der Waals surface area contributed by atoms with Crippen molar-refractivity contribution >= 4 is 11.9 Å². The summed E-state index contributed by atoms with van der Waals surface area (Å²) in [6, 6.07) is 16.6. The van der Waals surface area contributed by atoms with Crippen LogP contribution in [0.4, 0.5) is 0 Å². The molecule has 32 heavy (non-hydrogen) atoms. The first kappa shape index (κ1) is 23.8. The average Bonchev–Trinajstić information content (AvgIpc) is 2.80. The van der Waals surface area contributed by atoms with Gasteiger partial charge >= 0.3 is 0 Å². The van der Waals surface area contributed by atoms with Crippen molar-refractivity contribution < 1.29 is 4.79 Å². The molecule has 0 aliphatic carbocycles. The highest BCUT2D eigenvalue weighted by molar-refractivity contribution is 5.94. The first-order chi connectivity index (χ1) is 15.3. The number of rotatable bonds is 7. The summed E-state index contributed by atoms with van der Waals surface area (Å²) in [6.45, 7) is 8.18. The smallest absolute Gasteiger partial charge is 0.253 e. The van der Waals surface area contributed by atoms with E-state index >= 15 is 0 Å². The first-order valence-electron chi connectivity index (χ1n) is 11.4. The first-order valence-corrected chi connectivity index (χ1v) is 11.4. The second-order valence-corrected chi connectivity index (χ2v) is 9.26. The highest BCUT2D eigenvalue weighted by atomic mass is 16.2. The van der Waals surface area contributed by atoms with E-state index in [0.29, 0.717) is 0 Å². The summed E-state index contributed by atoms with van der Waals surface area (Å²) < 4.78 is 0. The molecule has 1 heterocycles. The molecule has 0 saturated carbocycles. The molecule has 0 radical (unpaired) electrons. The Morgan fingerprint density at radius 1 is 1.09 bits per heavy atom. The van der Waals surface area contributed by atoms with E-state index in [-0.39, 0.29) is 11.4 Å². The molecule has 172 valence electrons. The van der Waals surface area contributed by atoms with Crippen LogP contribution < -0.4 is 10.6 Å². The van der Waals surface area contributed by atoms with Crippen molar-refractivity contribution in [3.8, 4) is 0 Å². The molecule has 0 fully saturated rings. The van der Waals surface area contributed by atoms with Crippen LogP contribution in [0.2, 0.25) is 0 Å². The summed E-state index contributed by atoms with van der Waals surface area (Å²) in [4.78, 5) is 20.7. The van der Waals surface area contributed by atoms with Gasteiger partial charge in [-0.1, -0.05) is 36.4 Å². The summed E-state index contributed by atoms with van der Waals surface area (Å²) in [7, 11) is 5.35. The van der Waals surface area contributed by atoms with Gasteiger partial charge in [-0.15, -0.1) is 0 Å². The molecule has 0 spiro atoms. The minimum atomic E-state index is 0.00598. The Morgan fingerprint density at radius 2 is 1.84 bits per heavy atom. The lowest BCUT2D eigenvalue weighted by molar-refractivity contribution is 0.0827. The van der Waals surface area contributed by atoms with E-state index in [1.54, 1.807) is 26.0 Å². The number of aliphatic imine (C=N–C) groups is 1. The van der Waals surface area contributed by atoms with Crippen LogP contribution in [0.5, 0.6) is 0 Å². The van der Waals surface area contributed by atoms with Crippen molar-refractivity contribution in [1.29, 1.82) is 0 Å². The molecule has 2 aromatic carbocycles. The van der Waals surface area contributed by atoms with Crippen molar-refractivity contribution in [2.45, 2.75) is 38.8 Å². The third-order valence-electron chi connectivity index (χ3n) is 6.18. The van der Waals surface area contributed by atoms with Crippen LogP contribution in [0.15, 0.2) is 53.5 Å². The van der Waals surface area contributed by atoms with E-state index in [9.17, 15) is 4.79 Å². The molecule has 2 aromatic rings. The third-order valence-corrected chi connectivity index (χ3v) is 6.18. The zero-order valence-electron chi connectivity index (χ0n) is 20.1. The number of benzene rings is 2.